The number of hydrogen-bond acceptors (Lipinski definition) is 3. The monoisotopic (exact) mass is 294 g/mol. The molecule has 1 rings (SSSR count). The quantitative estimate of drug-likeness (QED) is 0.794. The molecule has 0 saturated carbocycles. The van der Waals surface area contributed by atoms with E-state index >= 15 is 0 Å². The molecule has 0 saturated heterocycles. The Bertz CT molecular complexity index is 567. The van der Waals surface area contributed by atoms with Crippen molar-refractivity contribution in [1.29, 1.82) is 0 Å². The number of aliphatic hydroxyl groups is 1. The molecule has 0 unspecified atom stereocenters. The van der Waals surface area contributed by atoms with Crippen LogP contribution in [0.3, 0.4) is 0 Å². The second-order valence-electron chi connectivity index (χ2n) is 5.73. The number of likely N-dealkylation sites (N-methyl/N-ethyl adjacent to an activating group) is 1. The van der Waals surface area contributed by atoms with Crippen LogP contribution in [-0.4, -0.2) is 46.3 Å². The van der Waals surface area contributed by atoms with Crippen LogP contribution in [0.2, 0.25) is 0 Å². The van der Waals surface area contributed by atoms with Gasteiger partial charge in [0.1, 0.15) is 0 Å². The highest BCUT2D eigenvalue weighted by molar-refractivity contribution is 5.94. The smallest absolute Gasteiger partial charge is 0.336 e. The van der Waals surface area contributed by atoms with Crippen LogP contribution >= 0.6 is 0 Å². The molecule has 0 atom stereocenters. The molecule has 0 aliphatic heterocycles. The number of aliphatic hydroxyl groups excluding tert-OH is 1. The van der Waals surface area contributed by atoms with E-state index in [4.69, 9.17) is 5.11 Å². The zero-order valence-electron chi connectivity index (χ0n) is 13.0. The van der Waals surface area contributed by atoms with Crippen LogP contribution in [-0.2, 0) is 0 Å². The Hall–Kier alpha value is -2.08. The number of urea groups is 1. The van der Waals surface area contributed by atoms with E-state index in [1.807, 2.05) is 0 Å². The summed E-state index contributed by atoms with van der Waals surface area (Å²) in [6.07, 6.45) is 0. The lowest BCUT2D eigenvalue weighted by Gasteiger charge is -2.33. The van der Waals surface area contributed by atoms with E-state index in [0.29, 0.717) is 11.3 Å². The first-order chi connectivity index (χ1) is 9.60. The molecule has 21 heavy (non-hydrogen) atoms. The fraction of sp³-hybridized carbons (Fsp3) is 0.467. The predicted octanol–water partition coefficient (Wildman–Crippen LogP) is 2.24. The average Bonchev–Trinajstić information content (AvgIpc) is 2.41. The summed E-state index contributed by atoms with van der Waals surface area (Å²) in [6.45, 7) is 6.81. The van der Waals surface area contributed by atoms with Crippen LogP contribution in [0.25, 0.3) is 0 Å². The minimum absolute atomic E-state index is 0.161. The van der Waals surface area contributed by atoms with Crippen molar-refractivity contribution < 1.29 is 19.8 Å². The van der Waals surface area contributed by atoms with Crippen LogP contribution in [0, 0.1) is 13.8 Å². The molecular formula is C15H22N2O4. The molecule has 0 aliphatic rings. The number of hydrogen-bond donors (Lipinski definition) is 3. The lowest BCUT2D eigenvalue weighted by atomic mass is 10.0. The number of nitrogens with zero attached hydrogens (tertiary/aromatic N) is 1. The van der Waals surface area contributed by atoms with E-state index in [1.165, 1.54) is 11.0 Å². The zero-order valence-corrected chi connectivity index (χ0v) is 13.0. The van der Waals surface area contributed by atoms with E-state index in [0.717, 1.165) is 5.56 Å². The summed E-state index contributed by atoms with van der Waals surface area (Å²) >= 11 is 0. The average molecular weight is 294 g/mol. The van der Waals surface area contributed by atoms with Gasteiger partial charge >= 0.3 is 12.0 Å². The van der Waals surface area contributed by atoms with Crippen molar-refractivity contribution in [1.82, 2.24) is 4.90 Å². The molecule has 6 nitrogen and oxygen atoms in total. The first kappa shape index (κ1) is 17.0. The van der Waals surface area contributed by atoms with Crippen molar-refractivity contribution in [2.45, 2.75) is 33.2 Å². The van der Waals surface area contributed by atoms with Gasteiger partial charge in [0.05, 0.1) is 17.7 Å². The number of anilines is 1. The lowest BCUT2D eigenvalue weighted by molar-refractivity contribution is 0.0696. The molecule has 0 radical (unpaired) electrons. The highest BCUT2D eigenvalue weighted by atomic mass is 16.4. The molecule has 1 aromatic carbocycles. The Labute approximate surface area is 124 Å². The summed E-state index contributed by atoms with van der Waals surface area (Å²) in [6, 6.07) is 2.75. The number of carbonyl (C=O) groups excluding carboxylic acids is 1. The van der Waals surface area contributed by atoms with Gasteiger partial charge in [-0.1, -0.05) is 0 Å². The predicted molar refractivity (Wildman–Crippen MR) is 80.8 cm³/mol. The molecule has 2 amide bonds. The normalized spacial score (nSPS) is 11.1. The maximum atomic E-state index is 12.2. The number of aromatic carboxylic acids is 1. The van der Waals surface area contributed by atoms with Gasteiger partial charge in [0.15, 0.2) is 0 Å². The number of carboxylic acid groups (broad SMARTS) is 1. The van der Waals surface area contributed by atoms with Crippen molar-refractivity contribution >= 4 is 17.7 Å². The first-order valence-corrected chi connectivity index (χ1v) is 6.60. The van der Waals surface area contributed by atoms with Crippen LogP contribution in [0.15, 0.2) is 12.1 Å². The molecular weight excluding hydrogens is 272 g/mol. The maximum Gasteiger partial charge on any atom is 0.336 e. The second-order valence-corrected chi connectivity index (χ2v) is 5.73. The standard InChI is InChI=1S/C15H22N2O4/c1-9-6-11(7-12(10(9)2)13(19)20)16-14(21)17(5)15(3,4)8-18/h6-7,18H,8H2,1-5H3,(H,16,21)(H,19,20). The number of carbonyl (C=O) groups is 2. The summed E-state index contributed by atoms with van der Waals surface area (Å²) in [5.41, 5.74) is 1.33. The first-order valence-electron chi connectivity index (χ1n) is 6.60. The fourth-order valence-electron chi connectivity index (χ4n) is 1.74. The van der Waals surface area contributed by atoms with Gasteiger partial charge in [0.2, 0.25) is 0 Å². The van der Waals surface area contributed by atoms with Crippen LogP contribution < -0.4 is 5.32 Å². The Kier molecular flexibility index (Phi) is 4.96. The number of benzene rings is 1. The highest BCUT2D eigenvalue weighted by Crippen LogP contribution is 2.21. The largest absolute Gasteiger partial charge is 0.478 e. The van der Waals surface area contributed by atoms with E-state index in [2.05, 4.69) is 5.32 Å². The number of aryl methyl sites for hydroxylation is 1. The molecule has 0 aromatic heterocycles. The van der Waals surface area contributed by atoms with Gasteiger partial charge in [-0.25, -0.2) is 9.59 Å². The molecule has 0 heterocycles. The molecule has 3 N–H and O–H groups in total. The summed E-state index contributed by atoms with van der Waals surface area (Å²) < 4.78 is 0. The van der Waals surface area contributed by atoms with Crippen molar-refractivity contribution in [2.24, 2.45) is 0 Å². The maximum absolute atomic E-state index is 12.2. The third kappa shape index (κ3) is 3.72. The number of carboxylic acids is 1. The van der Waals surface area contributed by atoms with Gasteiger partial charge in [0.25, 0.3) is 0 Å². The fourth-order valence-corrected chi connectivity index (χ4v) is 1.74. The summed E-state index contributed by atoms with van der Waals surface area (Å²) in [5, 5.41) is 21.1. The van der Waals surface area contributed by atoms with E-state index in [-0.39, 0.29) is 12.2 Å². The molecule has 0 fully saturated rings. The van der Waals surface area contributed by atoms with Gasteiger partial charge < -0.3 is 20.4 Å². The van der Waals surface area contributed by atoms with Crippen LogP contribution in [0.1, 0.15) is 35.3 Å². The molecule has 0 bridgehead atoms. The summed E-state index contributed by atoms with van der Waals surface area (Å²) in [7, 11) is 1.57. The van der Waals surface area contributed by atoms with Crippen molar-refractivity contribution in [3.05, 3.63) is 28.8 Å². The van der Waals surface area contributed by atoms with Gasteiger partial charge in [-0.3, -0.25) is 0 Å². The number of amides is 2. The Morgan fingerprint density at radius 3 is 2.33 bits per heavy atom. The van der Waals surface area contributed by atoms with E-state index in [9.17, 15) is 14.7 Å². The Morgan fingerprint density at radius 2 is 1.86 bits per heavy atom. The van der Waals surface area contributed by atoms with E-state index < -0.39 is 17.5 Å². The minimum Gasteiger partial charge on any atom is -0.478 e. The molecule has 0 spiro atoms. The highest BCUT2D eigenvalue weighted by Gasteiger charge is 2.27. The Balaban J connectivity index is 3.04. The number of rotatable bonds is 4. The Morgan fingerprint density at radius 1 is 1.29 bits per heavy atom. The zero-order chi connectivity index (χ0) is 16.4. The molecule has 1 aromatic rings. The minimum atomic E-state index is -1.03. The van der Waals surface area contributed by atoms with Crippen molar-refractivity contribution in [3.8, 4) is 0 Å². The molecule has 6 heteroatoms. The third-order valence-electron chi connectivity index (χ3n) is 3.75. The van der Waals surface area contributed by atoms with Crippen molar-refractivity contribution in [2.75, 3.05) is 19.0 Å². The summed E-state index contributed by atoms with van der Waals surface area (Å²) in [4.78, 5) is 24.7. The number of nitrogens with one attached hydrogen (secondary N) is 1. The lowest BCUT2D eigenvalue weighted by Crippen LogP contribution is -2.49. The van der Waals surface area contributed by atoms with Gasteiger partial charge in [0, 0.05) is 12.7 Å². The van der Waals surface area contributed by atoms with Crippen LogP contribution in [0.4, 0.5) is 10.5 Å². The van der Waals surface area contributed by atoms with Gasteiger partial charge in [-0.05, 0) is 51.0 Å². The van der Waals surface area contributed by atoms with Gasteiger partial charge in [-0.2, -0.15) is 0 Å². The van der Waals surface area contributed by atoms with Gasteiger partial charge in [-0.15, -0.1) is 0 Å². The van der Waals surface area contributed by atoms with E-state index in [1.54, 1.807) is 40.8 Å². The van der Waals surface area contributed by atoms with Crippen molar-refractivity contribution in [3.63, 3.8) is 0 Å². The third-order valence-corrected chi connectivity index (χ3v) is 3.75. The second kappa shape index (κ2) is 6.13. The summed E-state index contributed by atoms with van der Waals surface area (Å²) in [5.74, 6) is -1.03. The van der Waals surface area contributed by atoms with Crippen LogP contribution in [0.5, 0.6) is 0 Å². The SMILES string of the molecule is Cc1cc(NC(=O)N(C)C(C)(C)CO)cc(C(=O)O)c1C. The topological polar surface area (TPSA) is 89.9 Å². The molecule has 0 aliphatic carbocycles. The molecule has 116 valence electrons.